The second-order valence-electron chi connectivity index (χ2n) is 6.39. The van der Waals surface area contributed by atoms with Crippen LogP contribution in [0.15, 0.2) is 46.1 Å². The van der Waals surface area contributed by atoms with E-state index in [-0.39, 0.29) is 11.7 Å². The Morgan fingerprint density at radius 2 is 2.04 bits per heavy atom. The largest absolute Gasteiger partial charge is 0.381 e. The highest BCUT2D eigenvalue weighted by Crippen LogP contribution is 2.24. The van der Waals surface area contributed by atoms with E-state index in [1.54, 1.807) is 16.8 Å². The molecule has 0 aliphatic carbocycles. The van der Waals surface area contributed by atoms with Crippen LogP contribution >= 0.6 is 0 Å². The normalized spacial score (nSPS) is 16.7. The van der Waals surface area contributed by atoms with Crippen LogP contribution in [0.3, 0.4) is 0 Å². The number of hydrogen-bond donors (Lipinski definition) is 1. The third-order valence-corrected chi connectivity index (χ3v) is 4.53. The quantitative estimate of drug-likeness (QED) is 0.722. The number of hydrogen-bond acceptors (Lipinski definition) is 5. The fraction of sp³-hybridized carbons (Fsp3) is 0.333. The lowest BCUT2D eigenvalue weighted by Crippen LogP contribution is -2.29. The van der Waals surface area contributed by atoms with Gasteiger partial charge in [-0.05, 0) is 30.7 Å². The molecule has 1 atom stereocenters. The molecule has 3 aromatic rings. The van der Waals surface area contributed by atoms with Crippen LogP contribution in [-0.4, -0.2) is 37.5 Å². The average molecular weight is 371 g/mol. The highest BCUT2D eigenvalue weighted by molar-refractivity contribution is 5.32. The first kappa shape index (κ1) is 17.3. The van der Waals surface area contributed by atoms with E-state index in [0.717, 1.165) is 6.42 Å². The number of aromatic nitrogens is 5. The molecule has 3 heterocycles. The Morgan fingerprint density at radius 1 is 1.22 bits per heavy atom. The summed E-state index contributed by atoms with van der Waals surface area (Å²) in [5.41, 5.74) is -0.216. The van der Waals surface area contributed by atoms with Gasteiger partial charge in [-0.15, -0.1) is 0 Å². The van der Waals surface area contributed by atoms with Crippen molar-refractivity contribution in [3.8, 4) is 5.69 Å². The fourth-order valence-corrected chi connectivity index (χ4v) is 3.06. The molecular formula is C18H18FN5O3. The molecule has 1 aliphatic rings. The predicted molar refractivity (Wildman–Crippen MR) is 94.5 cm³/mol. The van der Waals surface area contributed by atoms with Crippen molar-refractivity contribution in [1.82, 2.24) is 24.3 Å². The number of rotatable bonds is 5. The fourth-order valence-electron chi connectivity index (χ4n) is 3.06. The van der Waals surface area contributed by atoms with Crippen molar-refractivity contribution in [1.29, 1.82) is 0 Å². The third kappa shape index (κ3) is 3.72. The zero-order valence-electron chi connectivity index (χ0n) is 14.5. The third-order valence-electron chi connectivity index (χ3n) is 4.53. The average Bonchev–Trinajstić information content (AvgIpc) is 3.31. The van der Waals surface area contributed by atoms with Gasteiger partial charge in [-0.2, -0.15) is 5.10 Å². The molecule has 27 heavy (non-hydrogen) atoms. The van der Waals surface area contributed by atoms with Crippen molar-refractivity contribution in [3.05, 3.63) is 74.8 Å². The molecule has 8 nitrogen and oxygen atoms in total. The number of nitrogens with one attached hydrogen (secondary N) is 1. The minimum atomic E-state index is -0.472. The number of aryl methyl sites for hydroxylation is 2. The zero-order valence-corrected chi connectivity index (χ0v) is 14.5. The summed E-state index contributed by atoms with van der Waals surface area (Å²) >= 11 is 0. The smallest absolute Gasteiger partial charge is 0.328 e. The topological polar surface area (TPSA) is 94.8 Å². The summed E-state index contributed by atoms with van der Waals surface area (Å²) in [6.07, 6.45) is 2.72. The molecule has 1 aliphatic heterocycles. The molecule has 1 N–H and O–H groups in total. The van der Waals surface area contributed by atoms with Crippen LogP contribution in [0.1, 0.15) is 24.0 Å². The van der Waals surface area contributed by atoms with Crippen molar-refractivity contribution in [3.63, 3.8) is 0 Å². The highest BCUT2D eigenvalue weighted by atomic mass is 19.1. The van der Waals surface area contributed by atoms with Gasteiger partial charge in [0.05, 0.1) is 12.3 Å². The van der Waals surface area contributed by atoms with Gasteiger partial charge >= 0.3 is 5.69 Å². The van der Waals surface area contributed by atoms with Gasteiger partial charge in [-0.3, -0.25) is 9.78 Å². The molecule has 0 radical (unpaired) electrons. The molecule has 0 bridgehead atoms. The van der Waals surface area contributed by atoms with Gasteiger partial charge in [0, 0.05) is 37.8 Å². The Balaban J connectivity index is 1.65. The lowest BCUT2D eigenvalue weighted by atomic mass is 10.1. The summed E-state index contributed by atoms with van der Waals surface area (Å²) in [5, 5.41) is 4.60. The van der Waals surface area contributed by atoms with E-state index in [4.69, 9.17) is 4.74 Å². The number of nitrogens with zero attached hydrogens (tertiary/aromatic N) is 4. The summed E-state index contributed by atoms with van der Waals surface area (Å²) < 4.78 is 21.8. The van der Waals surface area contributed by atoms with E-state index in [2.05, 4.69) is 15.1 Å². The second kappa shape index (κ2) is 7.28. The first-order valence-electron chi connectivity index (χ1n) is 8.69. The molecule has 1 saturated heterocycles. The Morgan fingerprint density at radius 3 is 2.74 bits per heavy atom. The Bertz CT molecular complexity index is 1050. The summed E-state index contributed by atoms with van der Waals surface area (Å²) in [7, 11) is 0. The number of halogens is 1. The van der Waals surface area contributed by atoms with Gasteiger partial charge in [0.15, 0.2) is 5.82 Å². The van der Waals surface area contributed by atoms with Crippen LogP contribution < -0.4 is 11.2 Å². The lowest BCUT2D eigenvalue weighted by molar-refractivity contribution is 0.193. The maximum atomic E-state index is 13.3. The molecule has 0 unspecified atom stereocenters. The van der Waals surface area contributed by atoms with Gasteiger partial charge in [-0.25, -0.2) is 18.9 Å². The SMILES string of the molecule is O=c1ccn(CCc2nc([C@H]3CCOC3)nn2-c2ccc(F)cc2)c(=O)[nH]1. The molecule has 0 spiro atoms. The summed E-state index contributed by atoms with van der Waals surface area (Å²) in [6.45, 7) is 1.58. The van der Waals surface area contributed by atoms with Crippen LogP contribution in [0.4, 0.5) is 4.39 Å². The Hall–Kier alpha value is -3.07. The standard InChI is InChI=1S/C18H18FN5O3/c19-13-1-3-14(4-2-13)24-15(20-17(22-24)12-7-10-27-11-12)5-8-23-9-6-16(25)21-18(23)26/h1-4,6,9,12H,5,7-8,10-11H2,(H,21,25,26)/t12-/m0/s1. The minimum Gasteiger partial charge on any atom is -0.381 e. The monoisotopic (exact) mass is 371 g/mol. The molecule has 9 heteroatoms. The number of aromatic amines is 1. The van der Waals surface area contributed by atoms with Crippen LogP contribution in [0.2, 0.25) is 0 Å². The Labute approximate surface area is 153 Å². The summed E-state index contributed by atoms with van der Waals surface area (Å²) in [6, 6.07) is 7.30. The van der Waals surface area contributed by atoms with E-state index < -0.39 is 11.2 Å². The minimum absolute atomic E-state index is 0.126. The summed E-state index contributed by atoms with van der Waals surface area (Å²) in [5.74, 6) is 1.13. The maximum absolute atomic E-state index is 13.3. The number of H-pyrrole nitrogens is 1. The molecule has 1 aromatic carbocycles. The van der Waals surface area contributed by atoms with E-state index in [1.807, 2.05) is 0 Å². The van der Waals surface area contributed by atoms with Crippen molar-refractivity contribution < 1.29 is 9.13 Å². The van der Waals surface area contributed by atoms with Gasteiger partial charge in [-0.1, -0.05) is 0 Å². The highest BCUT2D eigenvalue weighted by Gasteiger charge is 2.24. The molecule has 0 saturated carbocycles. The van der Waals surface area contributed by atoms with Gasteiger partial charge in [0.25, 0.3) is 5.56 Å². The first-order valence-corrected chi connectivity index (χ1v) is 8.69. The van der Waals surface area contributed by atoms with E-state index in [1.165, 1.54) is 29.0 Å². The number of benzene rings is 1. The maximum Gasteiger partial charge on any atom is 0.328 e. The molecule has 140 valence electrons. The Kier molecular flexibility index (Phi) is 4.68. The second-order valence-corrected chi connectivity index (χ2v) is 6.39. The lowest BCUT2D eigenvalue weighted by Gasteiger charge is -2.07. The van der Waals surface area contributed by atoms with Crippen LogP contribution in [0.25, 0.3) is 5.69 Å². The molecule has 2 aromatic heterocycles. The van der Waals surface area contributed by atoms with E-state index in [0.29, 0.717) is 43.5 Å². The van der Waals surface area contributed by atoms with Gasteiger partial charge in [0.2, 0.25) is 0 Å². The van der Waals surface area contributed by atoms with Crippen molar-refractivity contribution in [2.45, 2.75) is 25.3 Å². The van der Waals surface area contributed by atoms with Crippen molar-refractivity contribution in [2.24, 2.45) is 0 Å². The van der Waals surface area contributed by atoms with Gasteiger partial charge < -0.3 is 9.30 Å². The molecular weight excluding hydrogens is 353 g/mol. The van der Waals surface area contributed by atoms with Crippen LogP contribution in [0.5, 0.6) is 0 Å². The van der Waals surface area contributed by atoms with E-state index >= 15 is 0 Å². The van der Waals surface area contributed by atoms with Crippen LogP contribution in [-0.2, 0) is 17.7 Å². The van der Waals surface area contributed by atoms with Gasteiger partial charge in [0.1, 0.15) is 11.6 Å². The first-order chi connectivity index (χ1) is 13.1. The molecule has 4 rings (SSSR count). The molecule has 0 amide bonds. The van der Waals surface area contributed by atoms with Crippen LogP contribution in [0, 0.1) is 5.82 Å². The zero-order chi connectivity index (χ0) is 18.8. The summed E-state index contributed by atoms with van der Waals surface area (Å²) in [4.78, 5) is 29.9. The van der Waals surface area contributed by atoms with Crippen molar-refractivity contribution >= 4 is 0 Å². The predicted octanol–water partition coefficient (Wildman–Crippen LogP) is 1.00. The van der Waals surface area contributed by atoms with Crippen molar-refractivity contribution in [2.75, 3.05) is 13.2 Å². The number of ether oxygens (including phenoxy) is 1. The van der Waals surface area contributed by atoms with E-state index in [9.17, 15) is 14.0 Å². The molecule has 1 fully saturated rings.